The molecule has 74 valence electrons. The normalized spacial score (nSPS) is 11.0. The van der Waals surface area contributed by atoms with Gasteiger partial charge in [0, 0.05) is 0 Å². The van der Waals surface area contributed by atoms with E-state index >= 15 is 0 Å². The van der Waals surface area contributed by atoms with Gasteiger partial charge >= 0.3 is 34.6 Å². The van der Waals surface area contributed by atoms with Crippen molar-refractivity contribution in [3.05, 3.63) is 0 Å². The van der Waals surface area contributed by atoms with E-state index in [9.17, 15) is 0 Å². The van der Waals surface area contributed by atoms with E-state index in [-0.39, 0.29) is 0 Å². The minimum atomic E-state index is -0.551. The standard InChI is InChI=1S/C6H14ClSi.3CH3.Sn/c1-5(2)8(7)6(3)4;;;;/h5-6H,1-4H3;3*1H3;. The second-order valence-electron chi connectivity index (χ2n) is 4.19. The van der Waals surface area contributed by atoms with Gasteiger partial charge in [-0.3, -0.25) is 0 Å². The molecule has 2 radical (unpaired) electrons. The second kappa shape index (κ2) is 8.88. The summed E-state index contributed by atoms with van der Waals surface area (Å²) in [5.41, 5.74) is 1.42. The molecule has 0 amide bonds. The van der Waals surface area contributed by atoms with Gasteiger partial charge < -0.3 is 0 Å². The average Bonchev–Trinajstić information content (AvgIpc) is 1.84. The Kier molecular flexibility index (Phi) is 11.7. The predicted molar refractivity (Wildman–Crippen MR) is 65.1 cm³/mol. The van der Waals surface area contributed by atoms with Gasteiger partial charge in [0.2, 0.25) is 0 Å². The first kappa shape index (κ1) is 15.8. The Balaban J connectivity index is 0. The molecule has 0 fully saturated rings. The number of hydrogen-bond acceptors (Lipinski definition) is 0. The van der Waals surface area contributed by atoms with E-state index in [1.807, 2.05) is 0 Å². The molecule has 0 aromatic heterocycles. The zero-order valence-corrected chi connectivity index (χ0v) is 14.1. The fourth-order valence-corrected chi connectivity index (χ4v) is 2.00. The number of rotatable bonds is 2. The summed E-state index contributed by atoms with van der Waals surface area (Å²) in [4.78, 5) is 7.09. The first-order valence-corrected chi connectivity index (χ1v) is 15.8. The first-order chi connectivity index (χ1) is 5.29. The first-order valence-electron chi connectivity index (χ1n) is 4.58. The van der Waals surface area contributed by atoms with Crippen LogP contribution in [0.25, 0.3) is 0 Å². The van der Waals surface area contributed by atoms with E-state index in [1.165, 1.54) is 0 Å². The van der Waals surface area contributed by atoms with E-state index < -0.39 is 27.9 Å². The van der Waals surface area contributed by atoms with Crippen LogP contribution in [0.15, 0.2) is 0 Å². The molecule has 0 saturated heterocycles. The van der Waals surface area contributed by atoms with Crippen LogP contribution in [0.2, 0.25) is 25.9 Å². The van der Waals surface area contributed by atoms with Crippen molar-refractivity contribution in [2.45, 2.75) is 53.6 Å². The van der Waals surface area contributed by atoms with Crippen LogP contribution < -0.4 is 0 Å². The molecule has 0 aliphatic rings. The molecule has 0 bridgehead atoms. The molecule has 0 aliphatic heterocycles. The predicted octanol–water partition coefficient (Wildman–Crippen LogP) is 4.41. The SMILES string of the molecule is CC(C)[Si](Cl)C(C)C.[CH3][Sn]([CH3])[CH3]. The summed E-state index contributed by atoms with van der Waals surface area (Å²) in [6, 6.07) is 0. The van der Waals surface area contributed by atoms with E-state index in [4.69, 9.17) is 11.1 Å². The summed E-state index contributed by atoms with van der Waals surface area (Å²) in [7, 11) is -0.551. The molecular weight excluding hydrogens is 290 g/mol. The van der Waals surface area contributed by atoms with Gasteiger partial charge in [-0.2, -0.15) is 11.1 Å². The summed E-state index contributed by atoms with van der Waals surface area (Å²) >= 11 is 5.51. The van der Waals surface area contributed by atoms with Gasteiger partial charge in [-0.25, -0.2) is 0 Å². The molecule has 0 nitrogen and oxygen atoms in total. The minimum absolute atomic E-state index is 0.543. The van der Waals surface area contributed by atoms with Gasteiger partial charge in [-0.1, -0.05) is 27.7 Å². The Hall–Kier alpha value is 1.31. The maximum absolute atomic E-state index is 6.05. The van der Waals surface area contributed by atoms with Crippen molar-refractivity contribution >= 4 is 38.9 Å². The number of hydrogen-bond donors (Lipinski definition) is 0. The van der Waals surface area contributed by atoms with Gasteiger partial charge in [0.15, 0.2) is 8.11 Å². The van der Waals surface area contributed by atoms with Crippen molar-refractivity contribution in [3.8, 4) is 0 Å². The Bertz CT molecular complexity index is 83.8. The summed E-state index contributed by atoms with van der Waals surface area (Å²) in [6.45, 7) is 8.78. The Morgan fingerprint density at radius 3 is 1.08 bits per heavy atom. The average molecular weight is 314 g/mol. The Labute approximate surface area is 92.1 Å². The monoisotopic (exact) mass is 314 g/mol. The third-order valence-corrected chi connectivity index (χ3v) is 5.93. The molecule has 0 spiro atoms. The van der Waals surface area contributed by atoms with Crippen molar-refractivity contribution in [1.82, 2.24) is 0 Å². The molecule has 0 rings (SSSR count). The molecule has 0 aromatic rings. The van der Waals surface area contributed by atoms with Crippen LogP contribution in [0.3, 0.4) is 0 Å². The molecule has 0 heterocycles. The van der Waals surface area contributed by atoms with Gasteiger partial charge in [-0.05, 0) is 11.1 Å². The molecule has 0 unspecified atom stereocenters. The molecule has 0 saturated carbocycles. The fraction of sp³-hybridized carbons (Fsp3) is 1.00. The molecule has 0 N–H and O–H groups in total. The van der Waals surface area contributed by atoms with Gasteiger partial charge in [0.25, 0.3) is 0 Å². The third kappa shape index (κ3) is 13.9. The quantitative estimate of drug-likeness (QED) is 0.523. The van der Waals surface area contributed by atoms with Crippen molar-refractivity contribution in [2.75, 3.05) is 0 Å². The zero-order chi connectivity index (χ0) is 10.3. The molecule has 0 aliphatic carbocycles. The van der Waals surface area contributed by atoms with Crippen LogP contribution in [-0.2, 0) is 0 Å². The molecule has 0 aromatic carbocycles. The van der Waals surface area contributed by atoms with E-state index in [0.29, 0.717) is 11.1 Å². The Morgan fingerprint density at radius 1 is 0.917 bits per heavy atom. The summed E-state index contributed by atoms with van der Waals surface area (Å²) < 4.78 is 0. The van der Waals surface area contributed by atoms with Crippen LogP contribution >= 0.6 is 11.1 Å². The van der Waals surface area contributed by atoms with Crippen LogP contribution in [0.1, 0.15) is 27.7 Å². The van der Waals surface area contributed by atoms with Gasteiger partial charge in [0.05, 0.1) is 0 Å². The van der Waals surface area contributed by atoms with Crippen molar-refractivity contribution in [1.29, 1.82) is 0 Å². The molecule has 12 heavy (non-hydrogen) atoms. The topological polar surface area (TPSA) is 0 Å². The van der Waals surface area contributed by atoms with E-state index in [1.54, 1.807) is 0 Å². The maximum atomic E-state index is 6.05. The number of halogens is 1. The Morgan fingerprint density at radius 2 is 1.08 bits per heavy atom. The van der Waals surface area contributed by atoms with Crippen molar-refractivity contribution in [2.24, 2.45) is 0 Å². The molecule has 0 atom stereocenters. The van der Waals surface area contributed by atoms with Crippen LogP contribution in [-0.4, -0.2) is 27.9 Å². The van der Waals surface area contributed by atoms with Crippen LogP contribution in [0, 0.1) is 0 Å². The third-order valence-electron chi connectivity index (χ3n) is 1.10. The summed E-state index contributed by atoms with van der Waals surface area (Å²) in [6.07, 6.45) is 0. The van der Waals surface area contributed by atoms with Crippen LogP contribution in [0.4, 0.5) is 0 Å². The van der Waals surface area contributed by atoms with Crippen LogP contribution in [0.5, 0.6) is 0 Å². The molecular formula is C9H23ClSiSn. The van der Waals surface area contributed by atoms with Gasteiger partial charge in [-0.15, -0.1) is 0 Å². The van der Waals surface area contributed by atoms with Crippen molar-refractivity contribution in [3.63, 3.8) is 0 Å². The second-order valence-corrected chi connectivity index (χ2v) is 17.1. The molecule has 3 heteroatoms. The summed E-state index contributed by atoms with van der Waals surface area (Å²) in [5, 5.41) is 0. The van der Waals surface area contributed by atoms with Crippen molar-refractivity contribution < 1.29 is 0 Å². The van der Waals surface area contributed by atoms with Gasteiger partial charge in [0.1, 0.15) is 0 Å². The van der Waals surface area contributed by atoms with E-state index in [0.717, 1.165) is 0 Å². The summed E-state index contributed by atoms with van der Waals surface area (Å²) in [5.74, 6) is 0. The zero-order valence-electron chi connectivity index (χ0n) is 9.53. The fourth-order valence-electron chi connectivity index (χ4n) is 0.667. The van der Waals surface area contributed by atoms with E-state index in [2.05, 4.69) is 42.5 Å².